The summed E-state index contributed by atoms with van der Waals surface area (Å²) >= 11 is 0. The van der Waals surface area contributed by atoms with E-state index in [1.165, 1.54) is 12.1 Å². The number of carbonyl (C=O) groups excluding carboxylic acids is 1. The number of halogens is 1. The molecule has 4 nitrogen and oxygen atoms in total. The van der Waals surface area contributed by atoms with Gasteiger partial charge in [0.05, 0.1) is 18.2 Å². The minimum atomic E-state index is -0.425. The van der Waals surface area contributed by atoms with Crippen LogP contribution in [0.15, 0.2) is 18.2 Å². The van der Waals surface area contributed by atoms with E-state index >= 15 is 0 Å². The van der Waals surface area contributed by atoms with Gasteiger partial charge in [0.2, 0.25) is 0 Å². The molecule has 1 heterocycles. The van der Waals surface area contributed by atoms with E-state index in [-0.39, 0.29) is 12.0 Å². The molecule has 0 bridgehead atoms. The van der Waals surface area contributed by atoms with Gasteiger partial charge in [-0.25, -0.2) is 4.39 Å². The molecule has 0 N–H and O–H groups in total. The lowest BCUT2D eigenvalue weighted by Crippen LogP contribution is -2.36. The average Bonchev–Trinajstić information content (AvgIpc) is 2.86. The minimum absolute atomic E-state index is 0.220. The third kappa shape index (κ3) is 3.34. The molecule has 1 aromatic carbocycles. The van der Waals surface area contributed by atoms with Crippen molar-refractivity contribution in [2.45, 2.75) is 32.4 Å². The van der Waals surface area contributed by atoms with Crippen LogP contribution in [-0.4, -0.2) is 30.1 Å². The number of nitriles is 1. The Morgan fingerprint density at radius 2 is 2.35 bits per heavy atom. The monoisotopic (exact) mass is 276 g/mol. The molecule has 1 saturated heterocycles. The maximum Gasteiger partial charge on any atom is 0.323 e. The molecule has 5 heteroatoms. The molecule has 1 fully saturated rings. The average molecular weight is 276 g/mol. The van der Waals surface area contributed by atoms with Crippen LogP contribution < -0.4 is 0 Å². The highest BCUT2D eigenvalue weighted by Gasteiger charge is 2.31. The number of nitrogens with zero attached hydrogens (tertiary/aromatic N) is 2. The Morgan fingerprint density at radius 3 is 3.05 bits per heavy atom. The zero-order valence-corrected chi connectivity index (χ0v) is 11.4. The summed E-state index contributed by atoms with van der Waals surface area (Å²) in [4.78, 5) is 13.8. The van der Waals surface area contributed by atoms with Gasteiger partial charge in [-0.05, 0) is 50.1 Å². The van der Waals surface area contributed by atoms with Crippen LogP contribution in [0.5, 0.6) is 0 Å². The lowest BCUT2D eigenvalue weighted by atomic mass is 10.1. The van der Waals surface area contributed by atoms with E-state index in [0.717, 1.165) is 19.4 Å². The summed E-state index contributed by atoms with van der Waals surface area (Å²) in [7, 11) is 0. The number of benzene rings is 1. The number of carbonyl (C=O) groups is 1. The first-order valence-electron chi connectivity index (χ1n) is 6.74. The predicted molar refractivity (Wildman–Crippen MR) is 71.2 cm³/mol. The first kappa shape index (κ1) is 14.5. The van der Waals surface area contributed by atoms with E-state index in [1.54, 1.807) is 13.0 Å². The summed E-state index contributed by atoms with van der Waals surface area (Å²) in [6, 6.07) is 5.94. The van der Waals surface area contributed by atoms with Gasteiger partial charge >= 0.3 is 5.97 Å². The maximum absolute atomic E-state index is 13.4. The summed E-state index contributed by atoms with van der Waals surface area (Å²) in [5.74, 6) is -0.646. The highest BCUT2D eigenvalue weighted by Crippen LogP contribution is 2.22. The van der Waals surface area contributed by atoms with E-state index in [1.807, 2.05) is 11.0 Å². The first-order valence-corrected chi connectivity index (χ1v) is 6.74. The zero-order valence-electron chi connectivity index (χ0n) is 11.4. The van der Waals surface area contributed by atoms with Crippen molar-refractivity contribution < 1.29 is 13.9 Å². The van der Waals surface area contributed by atoms with E-state index in [0.29, 0.717) is 24.3 Å². The Kier molecular flexibility index (Phi) is 4.70. The number of hydrogen-bond donors (Lipinski definition) is 0. The molecule has 1 atom stereocenters. The van der Waals surface area contributed by atoms with Crippen LogP contribution in [0.3, 0.4) is 0 Å². The summed E-state index contributed by atoms with van der Waals surface area (Å²) in [5, 5.41) is 8.85. The van der Waals surface area contributed by atoms with Crippen LogP contribution in [0.25, 0.3) is 0 Å². The van der Waals surface area contributed by atoms with Crippen molar-refractivity contribution in [3.63, 3.8) is 0 Å². The normalized spacial score (nSPS) is 18.8. The largest absolute Gasteiger partial charge is 0.465 e. The summed E-state index contributed by atoms with van der Waals surface area (Å²) < 4.78 is 18.5. The first-order chi connectivity index (χ1) is 9.63. The standard InChI is InChI=1S/C15H17FN2O2/c1-2-20-15(19)14-4-3-5-18(14)10-12-6-11(9-17)7-13(16)8-12/h6-8,14H,2-5,10H2,1H3. The molecular formula is C15H17FN2O2. The van der Waals surface area contributed by atoms with Crippen LogP contribution in [0, 0.1) is 17.1 Å². The number of rotatable bonds is 4. The zero-order chi connectivity index (χ0) is 14.5. The summed E-state index contributed by atoms with van der Waals surface area (Å²) in [6.07, 6.45) is 1.68. The van der Waals surface area contributed by atoms with Crippen LogP contribution in [0.4, 0.5) is 4.39 Å². The number of hydrogen-bond acceptors (Lipinski definition) is 4. The van der Waals surface area contributed by atoms with Crippen LogP contribution in [0.1, 0.15) is 30.9 Å². The molecule has 1 aliphatic heterocycles. The van der Waals surface area contributed by atoms with Crippen LogP contribution in [-0.2, 0) is 16.1 Å². The van der Waals surface area contributed by atoms with Crippen molar-refractivity contribution in [2.75, 3.05) is 13.2 Å². The molecular weight excluding hydrogens is 259 g/mol. The van der Waals surface area contributed by atoms with Crippen molar-refractivity contribution in [3.8, 4) is 6.07 Å². The van der Waals surface area contributed by atoms with Gasteiger partial charge in [-0.15, -0.1) is 0 Å². The molecule has 106 valence electrons. The van der Waals surface area contributed by atoms with E-state index in [2.05, 4.69) is 0 Å². The van der Waals surface area contributed by atoms with Gasteiger partial charge < -0.3 is 4.74 Å². The molecule has 0 aromatic heterocycles. The van der Waals surface area contributed by atoms with Gasteiger partial charge in [0.15, 0.2) is 0 Å². The summed E-state index contributed by atoms with van der Waals surface area (Å²) in [6.45, 7) is 3.38. The molecule has 0 radical (unpaired) electrons. The lowest BCUT2D eigenvalue weighted by molar-refractivity contribution is -0.148. The topological polar surface area (TPSA) is 53.3 Å². The van der Waals surface area contributed by atoms with Gasteiger partial charge in [-0.3, -0.25) is 9.69 Å². The minimum Gasteiger partial charge on any atom is -0.465 e. The van der Waals surface area contributed by atoms with Crippen molar-refractivity contribution in [3.05, 3.63) is 35.1 Å². The lowest BCUT2D eigenvalue weighted by Gasteiger charge is -2.22. The Labute approximate surface area is 117 Å². The molecule has 0 spiro atoms. The third-order valence-corrected chi connectivity index (χ3v) is 3.39. The predicted octanol–water partition coefficient (Wildman–Crippen LogP) is 2.22. The van der Waals surface area contributed by atoms with Crippen molar-refractivity contribution in [1.29, 1.82) is 5.26 Å². The van der Waals surface area contributed by atoms with Gasteiger partial charge in [0.25, 0.3) is 0 Å². The van der Waals surface area contributed by atoms with Crippen LogP contribution >= 0.6 is 0 Å². The van der Waals surface area contributed by atoms with Crippen molar-refractivity contribution >= 4 is 5.97 Å². The van der Waals surface area contributed by atoms with Gasteiger partial charge in [0.1, 0.15) is 11.9 Å². The smallest absolute Gasteiger partial charge is 0.323 e. The van der Waals surface area contributed by atoms with E-state index in [9.17, 15) is 9.18 Å². The van der Waals surface area contributed by atoms with Gasteiger partial charge in [0, 0.05) is 6.54 Å². The van der Waals surface area contributed by atoms with Crippen molar-refractivity contribution in [2.24, 2.45) is 0 Å². The summed E-state index contributed by atoms with van der Waals surface area (Å²) in [5.41, 5.74) is 1.00. The molecule has 0 saturated carbocycles. The fraction of sp³-hybridized carbons (Fsp3) is 0.467. The van der Waals surface area contributed by atoms with Crippen molar-refractivity contribution in [1.82, 2.24) is 4.90 Å². The molecule has 1 aliphatic rings. The number of ether oxygens (including phenoxy) is 1. The molecule has 0 aliphatic carbocycles. The quantitative estimate of drug-likeness (QED) is 0.791. The molecule has 1 unspecified atom stereocenters. The van der Waals surface area contributed by atoms with E-state index < -0.39 is 5.82 Å². The number of likely N-dealkylation sites (tertiary alicyclic amines) is 1. The Balaban J connectivity index is 2.11. The Morgan fingerprint density at radius 1 is 1.55 bits per heavy atom. The SMILES string of the molecule is CCOC(=O)C1CCCN1Cc1cc(F)cc(C#N)c1. The molecule has 2 rings (SSSR count). The molecule has 0 amide bonds. The third-order valence-electron chi connectivity index (χ3n) is 3.39. The molecule has 20 heavy (non-hydrogen) atoms. The fourth-order valence-electron chi connectivity index (χ4n) is 2.56. The number of esters is 1. The Hall–Kier alpha value is -1.93. The van der Waals surface area contributed by atoms with Crippen LogP contribution in [0.2, 0.25) is 0 Å². The molecule has 1 aromatic rings. The van der Waals surface area contributed by atoms with Gasteiger partial charge in [-0.1, -0.05) is 0 Å². The van der Waals surface area contributed by atoms with E-state index in [4.69, 9.17) is 10.00 Å². The second-order valence-corrected chi connectivity index (χ2v) is 4.84. The van der Waals surface area contributed by atoms with Gasteiger partial charge in [-0.2, -0.15) is 5.26 Å². The Bertz CT molecular complexity index is 539. The maximum atomic E-state index is 13.4. The highest BCUT2D eigenvalue weighted by molar-refractivity contribution is 5.76. The second-order valence-electron chi connectivity index (χ2n) is 4.84. The highest BCUT2D eigenvalue weighted by atomic mass is 19.1. The fourth-order valence-corrected chi connectivity index (χ4v) is 2.56. The second kappa shape index (κ2) is 6.49.